The molecule has 2 N–H and O–H groups in total. The first-order valence-electron chi connectivity index (χ1n) is 8.09. The van der Waals surface area contributed by atoms with Crippen molar-refractivity contribution in [3.63, 3.8) is 0 Å². The van der Waals surface area contributed by atoms with Gasteiger partial charge in [0, 0.05) is 11.7 Å². The molecule has 1 fully saturated rings. The second kappa shape index (κ2) is 6.93. The van der Waals surface area contributed by atoms with Crippen molar-refractivity contribution in [1.29, 1.82) is 0 Å². The summed E-state index contributed by atoms with van der Waals surface area (Å²) in [5.41, 5.74) is 4.85. The van der Waals surface area contributed by atoms with E-state index in [9.17, 15) is 9.90 Å². The molecule has 5 heteroatoms. The SMILES string of the molecule is Cc1ccc(NC(C)c2cccc(CO)c2)cc1N1CCOC1=O. The van der Waals surface area contributed by atoms with E-state index >= 15 is 0 Å². The van der Waals surface area contributed by atoms with Crippen LogP contribution in [0.25, 0.3) is 0 Å². The number of hydrogen-bond acceptors (Lipinski definition) is 4. The van der Waals surface area contributed by atoms with Gasteiger partial charge in [-0.2, -0.15) is 0 Å². The van der Waals surface area contributed by atoms with Crippen LogP contribution in [-0.4, -0.2) is 24.4 Å². The molecule has 1 unspecified atom stereocenters. The highest BCUT2D eigenvalue weighted by Gasteiger charge is 2.25. The predicted octanol–water partition coefficient (Wildman–Crippen LogP) is 3.62. The summed E-state index contributed by atoms with van der Waals surface area (Å²) >= 11 is 0. The summed E-state index contributed by atoms with van der Waals surface area (Å²) in [5, 5.41) is 12.7. The molecule has 0 saturated carbocycles. The van der Waals surface area contributed by atoms with Gasteiger partial charge in [0.2, 0.25) is 0 Å². The van der Waals surface area contributed by atoms with Crippen molar-refractivity contribution in [2.75, 3.05) is 23.4 Å². The largest absolute Gasteiger partial charge is 0.447 e. The fraction of sp³-hybridized carbons (Fsp3) is 0.316. The number of carbonyl (C=O) groups excluding carboxylic acids is 1. The van der Waals surface area contributed by atoms with E-state index in [1.165, 1.54) is 0 Å². The number of benzene rings is 2. The van der Waals surface area contributed by atoms with Gasteiger partial charge in [-0.3, -0.25) is 4.90 Å². The summed E-state index contributed by atoms with van der Waals surface area (Å²) < 4.78 is 5.03. The Morgan fingerprint density at radius 1 is 1.29 bits per heavy atom. The van der Waals surface area contributed by atoms with Gasteiger partial charge in [0.05, 0.1) is 18.8 Å². The van der Waals surface area contributed by atoms with Gasteiger partial charge in [-0.05, 0) is 42.7 Å². The molecule has 0 aliphatic carbocycles. The van der Waals surface area contributed by atoms with Gasteiger partial charge in [-0.25, -0.2) is 4.79 Å². The first-order valence-corrected chi connectivity index (χ1v) is 8.09. The lowest BCUT2D eigenvalue weighted by Crippen LogP contribution is -2.24. The maximum absolute atomic E-state index is 11.8. The minimum atomic E-state index is -0.293. The fourth-order valence-corrected chi connectivity index (χ4v) is 2.90. The summed E-state index contributed by atoms with van der Waals surface area (Å²) in [6.45, 7) is 5.10. The monoisotopic (exact) mass is 326 g/mol. The number of cyclic esters (lactones) is 1. The quantitative estimate of drug-likeness (QED) is 0.881. The average Bonchev–Trinajstić information content (AvgIpc) is 3.02. The van der Waals surface area contributed by atoms with Gasteiger partial charge in [0.25, 0.3) is 0 Å². The second-order valence-corrected chi connectivity index (χ2v) is 6.04. The lowest BCUT2D eigenvalue weighted by Gasteiger charge is -2.20. The van der Waals surface area contributed by atoms with Gasteiger partial charge < -0.3 is 15.2 Å². The van der Waals surface area contributed by atoms with Crippen molar-refractivity contribution in [3.8, 4) is 0 Å². The van der Waals surface area contributed by atoms with Gasteiger partial charge in [-0.1, -0.05) is 30.3 Å². The van der Waals surface area contributed by atoms with Crippen molar-refractivity contribution >= 4 is 17.5 Å². The Bertz CT molecular complexity index is 745. The molecule has 0 bridgehead atoms. The highest BCUT2D eigenvalue weighted by molar-refractivity contribution is 5.91. The summed E-state index contributed by atoms with van der Waals surface area (Å²) in [5.74, 6) is 0. The van der Waals surface area contributed by atoms with Crippen LogP contribution >= 0.6 is 0 Å². The Morgan fingerprint density at radius 3 is 2.83 bits per heavy atom. The van der Waals surface area contributed by atoms with Crippen LogP contribution in [0.4, 0.5) is 16.2 Å². The third-order valence-corrected chi connectivity index (χ3v) is 4.28. The molecule has 2 aromatic rings. The van der Waals surface area contributed by atoms with E-state index in [1.807, 2.05) is 49.4 Å². The standard InChI is InChI=1S/C19H22N2O3/c1-13-6-7-17(11-18(13)21-8-9-24-19(21)23)20-14(2)16-5-3-4-15(10-16)12-22/h3-7,10-11,14,20,22H,8-9,12H2,1-2H3. The van der Waals surface area contributed by atoms with Crippen LogP contribution < -0.4 is 10.2 Å². The van der Waals surface area contributed by atoms with E-state index in [-0.39, 0.29) is 18.7 Å². The molecule has 0 radical (unpaired) electrons. The van der Waals surface area contributed by atoms with Gasteiger partial charge in [0.15, 0.2) is 0 Å². The van der Waals surface area contributed by atoms with Crippen molar-refractivity contribution in [3.05, 3.63) is 59.2 Å². The van der Waals surface area contributed by atoms with Gasteiger partial charge in [0.1, 0.15) is 6.61 Å². The number of anilines is 2. The minimum Gasteiger partial charge on any atom is -0.447 e. The highest BCUT2D eigenvalue weighted by atomic mass is 16.6. The number of nitrogens with zero attached hydrogens (tertiary/aromatic N) is 1. The molecule has 0 spiro atoms. The van der Waals surface area contributed by atoms with Crippen molar-refractivity contribution in [2.45, 2.75) is 26.5 Å². The third kappa shape index (κ3) is 3.36. The molecule has 5 nitrogen and oxygen atoms in total. The summed E-state index contributed by atoms with van der Waals surface area (Å²) in [7, 11) is 0. The maximum atomic E-state index is 11.8. The average molecular weight is 326 g/mol. The van der Waals surface area contributed by atoms with Gasteiger partial charge in [-0.15, -0.1) is 0 Å². The molecule has 1 amide bonds. The number of hydrogen-bond donors (Lipinski definition) is 2. The Balaban J connectivity index is 1.81. The molecule has 24 heavy (non-hydrogen) atoms. The van der Waals surface area contributed by atoms with Crippen LogP contribution in [0.3, 0.4) is 0 Å². The number of aliphatic hydroxyl groups is 1. The van der Waals surface area contributed by atoms with E-state index < -0.39 is 0 Å². The van der Waals surface area contributed by atoms with Crippen LogP contribution in [0.15, 0.2) is 42.5 Å². The second-order valence-electron chi connectivity index (χ2n) is 6.04. The summed E-state index contributed by atoms with van der Waals surface area (Å²) in [6, 6.07) is 13.9. The van der Waals surface area contributed by atoms with E-state index in [4.69, 9.17) is 4.74 Å². The number of aryl methyl sites for hydroxylation is 1. The summed E-state index contributed by atoms with van der Waals surface area (Å²) in [4.78, 5) is 13.5. The number of rotatable bonds is 5. The molecular weight excluding hydrogens is 304 g/mol. The zero-order valence-electron chi connectivity index (χ0n) is 14.0. The predicted molar refractivity (Wildman–Crippen MR) is 94.3 cm³/mol. The maximum Gasteiger partial charge on any atom is 0.414 e. The molecule has 126 valence electrons. The Labute approximate surface area is 141 Å². The topological polar surface area (TPSA) is 61.8 Å². The normalized spacial score (nSPS) is 15.3. The molecule has 1 heterocycles. The molecule has 1 aliphatic heterocycles. The fourth-order valence-electron chi connectivity index (χ4n) is 2.90. The number of amides is 1. The van der Waals surface area contributed by atoms with Crippen LogP contribution in [0.1, 0.15) is 29.7 Å². The lowest BCUT2D eigenvalue weighted by molar-refractivity contribution is 0.181. The van der Waals surface area contributed by atoms with E-state index in [0.29, 0.717) is 13.2 Å². The zero-order valence-corrected chi connectivity index (χ0v) is 14.0. The van der Waals surface area contributed by atoms with Crippen molar-refractivity contribution in [2.24, 2.45) is 0 Å². The smallest absolute Gasteiger partial charge is 0.414 e. The Morgan fingerprint density at radius 2 is 2.12 bits per heavy atom. The molecule has 3 rings (SSSR count). The minimum absolute atomic E-state index is 0.0340. The number of carbonyl (C=O) groups is 1. The lowest BCUT2D eigenvalue weighted by atomic mass is 10.0. The highest BCUT2D eigenvalue weighted by Crippen LogP contribution is 2.29. The Kier molecular flexibility index (Phi) is 4.71. The van der Waals surface area contributed by atoms with Crippen LogP contribution in [0.2, 0.25) is 0 Å². The van der Waals surface area contributed by atoms with E-state index in [0.717, 1.165) is 28.1 Å². The summed E-state index contributed by atoms with van der Waals surface area (Å²) in [6.07, 6.45) is -0.293. The number of ether oxygens (including phenoxy) is 1. The number of aliphatic hydroxyl groups excluding tert-OH is 1. The molecule has 0 aromatic heterocycles. The van der Waals surface area contributed by atoms with Crippen LogP contribution in [0, 0.1) is 6.92 Å². The van der Waals surface area contributed by atoms with Gasteiger partial charge >= 0.3 is 6.09 Å². The number of nitrogens with one attached hydrogen (secondary N) is 1. The van der Waals surface area contributed by atoms with Crippen LogP contribution in [-0.2, 0) is 11.3 Å². The first kappa shape index (κ1) is 16.3. The molecule has 1 saturated heterocycles. The van der Waals surface area contributed by atoms with Crippen molar-refractivity contribution in [1.82, 2.24) is 0 Å². The third-order valence-electron chi connectivity index (χ3n) is 4.28. The first-order chi connectivity index (χ1) is 11.6. The van der Waals surface area contributed by atoms with E-state index in [2.05, 4.69) is 12.2 Å². The van der Waals surface area contributed by atoms with E-state index in [1.54, 1.807) is 4.90 Å². The Hall–Kier alpha value is -2.53. The van der Waals surface area contributed by atoms with Crippen LogP contribution in [0.5, 0.6) is 0 Å². The molecule has 1 aliphatic rings. The molecule has 1 atom stereocenters. The van der Waals surface area contributed by atoms with Crippen molar-refractivity contribution < 1.29 is 14.6 Å². The zero-order chi connectivity index (χ0) is 17.1. The molecular formula is C19H22N2O3. The molecule has 2 aromatic carbocycles.